The third-order valence-corrected chi connectivity index (χ3v) is 4.01. The molecule has 1 aromatic carbocycles. The largest absolute Gasteiger partial charge is 0.458 e. The molecule has 1 aromatic rings. The molecule has 0 spiro atoms. The lowest BCUT2D eigenvalue weighted by Gasteiger charge is -2.28. The molecular weight excluding hydrogens is 300 g/mol. The van der Waals surface area contributed by atoms with E-state index < -0.39 is 12.0 Å². The molecule has 0 fully saturated rings. The topological polar surface area (TPSA) is 67.4 Å². The Morgan fingerprint density at radius 2 is 2.09 bits per heavy atom. The molecule has 2 rings (SSSR count). The fraction of sp³-hybridized carbons (Fsp3) is 0.250. The summed E-state index contributed by atoms with van der Waals surface area (Å²) in [6.07, 6.45) is 3.49. The zero-order valence-corrected chi connectivity index (χ0v) is 13.3. The van der Waals surface area contributed by atoms with Crippen LogP contribution in [0.3, 0.4) is 0 Å². The predicted molar refractivity (Wildman–Crippen MR) is 86.5 cm³/mol. The van der Waals surface area contributed by atoms with Crippen molar-refractivity contribution in [3.05, 3.63) is 53.8 Å². The number of carbonyl (C=O) groups excluding carboxylic acids is 2. The Bertz CT molecular complexity index is 623. The number of rotatable bonds is 5. The first-order valence-corrected chi connectivity index (χ1v) is 7.99. The smallest absolute Gasteiger partial charge is 0.338 e. The van der Waals surface area contributed by atoms with Gasteiger partial charge in [-0.05, 0) is 30.9 Å². The first-order valence-electron chi connectivity index (χ1n) is 6.77. The summed E-state index contributed by atoms with van der Waals surface area (Å²) in [5.74, 6) is -0.469. The van der Waals surface area contributed by atoms with Crippen LogP contribution in [0.25, 0.3) is 0 Å². The summed E-state index contributed by atoms with van der Waals surface area (Å²) in [6, 6.07) is 6.84. The van der Waals surface area contributed by atoms with E-state index in [1.165, 1.54) is 6.08 Å². The number of amides is 2. The zero-order chi connectivity index (χ0) is 16.1. The maximum atomic E-state index is 12.3. The van der Waals surface area contributed by atoms with Crippen molar-refractivity contribution in [1.29, 1.82) is 0 Å². The van der Waals surface area contributed by atoms with Crippen LogP contribution < -0.4 is 10.6 Å². The summed E-state index contributed by atoms with van der Waals surface area (Å²) in [5.41, 5.74) is 1.73. The van der Waals surface area contributed by atoms with Crippen LogP contribution in [0.4, 0.5) is 4.79 Å². The molecule has 116 valence electrons. The van der Waals surface area contributed by atoms with Gasteiger partial charge in [0.1, 0.15) is 6.61 Å². The molecule has 1 atom stereocenters. The van der Waals surface area contributed by atoms with Crippen molar-refractivity contribution < 1.29 is 14.3 Å². The maximum Gasteiger partial charge on any atom is 0.338 e. The van der Waals surface area contributed by atoms with Gasteiger partial charge in [-0.1, -0.05) is 24.8 Å². The Balaban J connectivity index is 2.36. The van der Waals surface area contributed by atoms with Crippen LogP contribution in [0.5, 0.6) is 0 Å². The molecule has 2 N–H and O–H groups in total. The highest BCUT2D eigenvalue weighted by atomic mass is 32.2. The Labute approximate surface area is 133 Å². The third kappa shape index (κ3) is 3.51. The van der Waals surface area contributed by atoms with Crippen molar-refractivity contribution in [2.75, 3.05) is 12.9 Å². The van der Waals surface area contributed by atoms with Crippen molar-refractivity contribution in [3.8, 4) is 0 Å². The van der Waals surface area contributed by atoms with E-state index in [-0.39, 0.29) is 12.6 Å². The second kappa shape index (κ2) is 7.17. The van der Waals surface area contributed by atoms with Gasteiger partial charge >= 0.3 is 12.0 Å². The number of hydrogen-bond acceptors (Lipinski definition) is 4. The molecule has 0 radical (unpaired) electrons. The SMILES string of the molecule is C=CCOC(=O)C1=C(C)NC(=O)N[C@@H]1c1ccc(SC)cc1. The number of ether oxygens (including phenoxy) is 1. The first kappa shape index (κ1) is 16.2. The molecule has 0 aromatic heterocycles. The Hall–Kier alpha value is -2.21. The lowest BCUT2D eigenvalue weighted by Crippen LogP contribution is -2.45. The summed E-state index contributed by atoms with van der Waals surface area (Å²) in [6.45, 7) is 5.34. The minimum atomic E-state index is -0.526. The van der Waals surface area contributed by atoms with Gasteiger partial charge in [-0.25, -0.2) is 9.59 Å². The first-order chi connectivity index (χ1) is 10.6. The van der Waals surface area contributed by atoms with Crippen LogP contribution in [-0.2, 0) is 9.53 Å². The van der Waals surface area contributed by atoms with Crippen LogP contribution in [0, 0.1) is 0 Å². The van der Waals surface area contributed by atoms with E-state index >= 15 is 0 Å². The van der Waals surface area contributed by atoms with E-state index in [4.69, 9.17) is 4.74 Å². The Morgan fingerprint density at radius 3 is 2.68 bits per heavy atom. The predicted octanol–water partition coefficient (Wildman–Crippen LogP) is 2.77. The average Bonchev–Trinajstić information content (AvgIpc) is 2.52. The van der Waals surface area contributed by atoms with E-state index in [1.54, 1.807) is 18.7 Å². The number of esters is 1. The molecule has 1 heterocycles. The van der Waals surface area contributed by atoms with E-state index in [0.717, 1.165) is 10.5 Å². The number of urea groups is 1. The van der Waals surface area contributed by atoms with Crippen LogP contribution in [0.2, 0.25) is 0 Å². The minimum absolute atomic E-state index is 0.127. The molecular formula is C16H18N2O3S. The van der Waals surface area contributed by atoms with E-state index in [1.807, 2.05) is 30.5 Å². The van der Waals surface area contributed by atoms with Gasteiger partial charge in [0.05, 0.1) is 11.6 Å². The molecule has 0 bridgehead atoms. The van der Waals surface area contributed by atoms with Gasteiger partial charge in [-0.15, -0.1) is 11.8 Å². The van der Waals surface area contributed by atoms with Crippen LogP contribution in [0.15, 0.2) is 53.1 Å². The molecule has 1 aliphatic heterocycles. The Kier molecular flexibility index (Phi) is 5.27. The van der Waals surface area contributed by atoms with Crippen molar-refractivity contribution in [1.82, 2.24) is 10.6 Å². The van der Waals surface area contributed by atoms with Gasteiger partial charge in [-0.3, -0.25) is 0 Å². The number of hydrogen-bond donors (Lipinski definition) is 2. The van der Waals surface area contributed by atoms with Gasteiger partial charge in [-0.2, -0.15) is 0 Å². The van der Waals surface area contributed by atoms with E-state index in [2.05, 4.69) is 17.2 Å². The fourth-order valence-corrected chi connectivity index (χ4v) is 2.63. The standard InChI is InChI=1S/C16H18N2O3S/c1-4-9-21-15(19)13-10(2)17-16(20)18-14(13)11-5-7-12(22-3)8-6-11/h4-8,14H,1,9H2,2-3H3,(H2,17,18,20)/t14-/m1/s1. The highest BCUT2D eigenvalue weighted by Crippen LogP contribution is 2.28. The average molecular weight is 318 g/mol. The third-order valence-electron chi connectivity index (χ3n) is 3.27. The number of allylic oxidation sites excluding steroid dienone is 1. The summed E-state index contributed by atoms with van der Waals surface area (Å²) >= 11 is 1.63. The molecule has 5 nitrogen and oxygen atoms in total. The maximum absolute atomic E-state index is 12.3. The van der Waals surface area contributed by atoms with Crippen LogP contribution in [0.1, 0.15) is 18.5 Å². The Morgan fingerprint density at radius 1 is 1.41 bits per heavy atom. The lowest BCUT2D eigenvalue weighted by molar-refractivity contribution is -0.138. The second-order valence-corrected chi connectivity index (χ2v) is 5.61. The van der Waals surface area contributed by atoms with Crippen molar-refractivity contribution in [2.45, 2.75) is 17.9 Å². The highest BCUT2D eigenvalue weighted by Gasteiger charge is 2.31. The molecule has 6 heteroatoms. The second-order valence-electron chi connectivity index (χ2n) is 4.73. The normalized spacial score (nSPS) is 17.5. The summed E-state index contributed by atoms with van der Waals surface area (Å²) < 4.78 is 5.12. The number of benzene rings is 1. The van der Waals surface area contributed by atoms with Crippen molar-refractivity contribution in [2.24, 2.45) is 0 Å². The van der Waals surface area contributed by atoms with E-state index in [0.29, 0.717) is 11.3 Å². The fourth-order valence-electron chi connectivity index (χ4n) is 2.22. The van der Waals surface area contributed by atoms with Crippen LogP contribution >= 0.6 is 11.8 Å². The molecule has 2 amide bonds. The molecule has 0 unspecified atom stereocenters. The molecule has 0 aliphatic carbocycles. The highest BCUT2D eigenvalue weighted by molar-refractivity contribution is 7.98. The summed E-state index contributed by atoms with van der Waals surface area (Å²) in [7, 11) is 0. The molecule has 1 aliphatic rings. The number of carbonyl (C=O) groups is 2. The monoisotopic (exact) mass is 318 g/mol. The molecule has 0 saturated carbocycles. The summed E-state index contributed by atoms with van der Waals surface area (Å²) in [4.78, 5) is 25.1. The van der Waals surface area contributed by atoms with Gasteiger partial charge in [0.15, 0.2) is 0 Å². The van der Waals surface area contributed by atoms with Gasteiger partial charge in [0, 0.05) is 10.6 Å². The molecule has 22 heavy (non-hydrogen) atoms. The zero-order valence-electron chi connectivity index (χ0n) is 12.5. The van der Waals surface area contributed by atoms with E-state index in [9.17, 15) is 9.59 Å². The van der Waals surface area contributed by atoms with Gasteiger partial charge < -0.3 is 15.4 Å². The quantitative estimate of drug-likeness (QED) is 0.498. The van der Waals surface area contributed by atoms with Crippen LogP contribution in [-0.4, -0.2) is 24.9 Å². The summed E-state index contributed by atoms with van der Waals surface area (Å²) in [5, 5.41) is 5.37. The van der Waals surface area contributed by atoms with Gasteiger partial charge in [0.2, 0.25) is 0 Å². The number of thioether (sulfide) groups is 1. The minimum Gasteiger partial charge on any atom is -0.458 e. The molecule has 0 saturated heterocycles. The van der Waals surface area contributed by atoms with Gasteiger partial charge in [0.25, 0.3) is 0 Å². The van der Waals surface area contributed by atoms with Crippen molar-refractivity contribution in [3.63, 3.8) is 0 Å². The lowest BCUT2D eigenvalue weighted by atomic mass is 9.96. The van der Waals surface area contributed by atoms with Crippen molar-refractivity contribution >= 4 is 23.8 Å². The number of nitrogens with one attached hydrogen (secondary N) is 2.